The molecule has 1 amide bonds. The average molecular weight is 474 g/mol. The van der Waals surface area contributed by atoms with Gasteiger partial charge in [0.25, 0.3) is 5.91 Å². The molecular weight excluding hydrogens is 434 g/mol. The predicted octanol–water partition coefficient (Wildman–Crippen LogP) is 5.13. The van der Waals surface area contributed by atoms with Crippen LogP contribution in [0.1, 0.15) is 67.1 Å². The number of carbonyl (C=O) groups excluding carboxylic acids is 1. The van der Waals surface area contributed by atoms with Gasteiger partial charge in [0, 0.05) is 49.4 Å². The molecule has 0 aliphatic carbocycles. The fourth-order valence-electron chi connectivity index (χ4n) is 7.07. The van der Waals surface area contributed by atoms with Crippen molar-refractivity contribution in [1.82, 2.24) is 14.7 Å². The summed E-state index contributed by atoms with van der Waals surface area (Å²) in [5, 5.41) is 0. The van der Waals surface area contributed by atoms with Gasteiger partial charge < -0.3 is 9.64 Å². The Labute approximate surface area is 210 Å². The number of methoxy groups -OCH3 is 1. The lowest BCUT2D eigenvalue weighted by molar-refractivity contribution is -0.00329. The van der Waals surface area contributed by atoms with Gasteiger partial charge in [-0.2, -0.15) is 0 Å². The highest BCUT2D eigenvalue weighted by molar-refractivity contribution is 5.94. The van der Waals surface area contributed by atoms with E-state index in [4.69, 9.17) is 4.74 Å². The maximum Gasteiger partial charge on any atom is 0.253 e. The first-order valence-electron chi connectivity index (χ1n) is 13.3. The lowest BCUT2D eigenvalue weighted by Gasteiger charge is -2.50. The second-order valence-corrected chi connectivity index (χ2v) is 10.1. The summed E-state index contributed by atoms with van der Waals surface area (Å²) >= 11 is 0. The van der Waals surface area contributed by atoms with Crippen molar-refractivity contribution >= 4 is 5.91 Å². The van der Waals surface area contributed by atoms with Crippen molar-refractivity contribution in [2.24, 2.45) is 0 Å². The average Bonchev–Trinajstić information content (AvgIpc) is 3.40. The molecule has 0 N–H and O–H groups in total. The molecule has 3 heterocycles. The van der Waals surface area contributed by atoms with E-state index in [9.17, 15) is 4.79 Å². The largest absolute Gasteiger partial charge is 0.497 e. The first kappa shape index (κ1) is 24.1. The van der Waals surface area contributed by atoms with E-state index in [0.29, 0.717) is 24.2 Å². The Morgan fingerprint density at radius 1 is 1.00 bits per heavy atom. The Morgan fingerprint density at radius 2 is 1.63 bits per heavy atom. The Balaban J connectivity index is 1.53. The van der Waals surface area contributed by atoms with Crippen LogP contribution in [0.15, 0.2) is 61.2 Å². The summed E-state index contributed by atoms with van der Waals surface area (Å²) in [4.78, 5) is 20.4. The fourth-order valence-corrected chi connectivity index (χ4v) is 7.07. The van der Waals surface area contributed by atoms with Crippen molar-refractivity contribution in [2.75, 3.05) is 26.7 Å². The van der Waals surface area contributed by atoms with Gasteiger partial charge in [-0.25, -0.2) is 0 Å². The molecule has 35 heavy (non-hydrogen) atoms. The predicted molar refractivity (Wildman–Crippen MR) is 141 cm³/mol. The number of ether oxygens (including phenoxy) is 1. The number of carbonyl (C=O) groups is 1. The van der Waals surface area contributed by atoms with Crippen LogP contribution < -0.4 is 4.74 Å². The van der Waals surface area contributed by atoms with E-state index in [-0.39, 0.29) is 11.9 Å². The minimum absolute atomic E-state index is 0.107. The number of nitrogens with zero attached hydrogens (tertiary/aromatic N) is 3. The minimum Gasteiger partial charge on any atom is -0.497 e. The molecule has 3 aliphatic heterocycles. The normalized spacial score (nSPS) is 26.5. The number of hydrogen-bond donors (Lipinski definition) is 0. The Hall–Kier alpha value is -2.63. The maximum absolute atomic E-state index is 12.9. The summed E-state index contributed by atoms with van der Waals surface area (Å²) in [6.45, 7) is 10.5. The SMILES string of the molecule is C=CCN1C2CCC1C1CCC2N1C(c1ccc(C(=O)N(CC)CC)cc1)c1cccc(OC)c1. The van der Waals surface area contributed by atoms with Crippen molar-refractivity contribution in [2.45, 2.75) is 69.7 Å². The van der Waals surface area contributed by atoms with E-state index in [1.807, 2.05) is 36.9 Å². The monoisotopic (exact) mass is 473 g/mol. The van der Waals surface area contributed by atoms with Crippen LogP contribution in [0.5, 0.6) is 5.75 Å². The summed E-state index contributed by atoms with van der Waals surface area (Å²) in [5.41, 5.74) is 3.28. The molecule has 5 unspecified atom stereocenters. The Kier molecular flexibility index (Phi) is 6.99. The van der Waals surface area contributed by atoms with Gasteiger partial charge in [0.15, 0.2) is 0 Å². The molecule has 0 saturated carbocycles. The van der Waals surface area contributed by atoms with Crippen molar-refractivity contribution in [3.05, 3.63) is 77.9 Å². The van der Waals surface area contributed by atoms with E-state index in [2.05, 4.69) is 52.8 Å². The van der Waals surface area contributed by atoms with Gasteiger partial charge in [-0.1, -0.05) is 30.3 Å². The summed E-state index contributed by atoms with van der Waals surface area (Å²) < 4.78 is 5.61. The van der Waals surface area contributed by atoms with Crippen LogP contribution in [0.2, 0.25) is 0 Å². The van der Waals surface area contributed by atoms with Gasteiger partial charge in [-0.3, -0.25) is 14.6 Å². The van der Waals surface area contributed by atoms with Crippen LogP contribution in [-0.2, 0) is 0 Å². The highest BCUT2D eigenvalue weighted by atomic mass is 16.5. The van der Waals surface area contributed by atoms with Crippen molar-refractivity contribution in [1.29, 1.82) is 0 Å². The quantitative estimate of drug-likeness (QED) is 0.473. The van der Waals surface area contributed by atoms with Gasteiger partial charge >= 0.3 is 0 Å². The van der Waals surface area contributed by atoms with E-state index in [1.54, 1.807) is 7.11 Å². The molecular formula is C30H39N3O2. The highest BCUT2D eigenvalue weighted by Gasteiger charge is 2.56. The van der Waals surface area contributed by atoms with E-state index < -0.39 is 0 Å². The summed E-state index contributed by atoms with van der Waals surface area (Å²) in [7, 11) is 1.74. The third kappa shape index (κ3) is 4.19. The summed E-state index contributed by atoms with van der Waals surface area (Å²) in [6, 6.07) is 19.3. The Bertz CT molecular complexity index is 1030. The zero-order valence-corrected chi connectivity index (χ0v) is 21.4. The zero-order valence-electron chi connectivity index (χ0n) is 21.4. The number of hydrogen-bond acceptors (Lipinski definition) is 4. The molecule has 2 aromatic rings. The van der Waals surface area contributed by atoms with Crippen LogP contribution in [0.3, 0.4) is 0 Å². The van der Waals surface area contributed by atoms with Crippen LogP contribution in [0.25, 0.3) is 0 Å². The molecule has 0 spiro atoms. The molecule has 3 saturated heterocycles. The first-order chi connectivity index (χ1) is 17.1. The second-order valence-electron chi connectivity index (χ2n) is 10.1. The summed E-state index contributed by atoms with van der Waals surface area (Å²) in [6.07, 6.45) is 7.12. The molecule has 0 aromatic heterocycles. The number of piperazine rings is 1. The van der Waals surface area contributed by atoms with Crippen molar-refractivity contribution in [3.63, 3.8) is 0 Å². The van der Waals surface area contributed by atoms with Gasteiger partial charge in [0.2, 0.25) is 0 Å². The van der Waals surface area contributed by atoms with E-state index in [1.165, 1.54) is 36.8 Å². The van der Waals surface area contributed by atoms with Crippen LogP contribution in [-0.4, -0.2) is 71.5 Å². The molecule has 0 radical (unpaired) electrons. The van der Waals surface area contributed by atoms with Gasteiger partial charge in [0.05, 0.1) is 13.2 Å². The zero-order chi connectivity index (χ0) is 24.5. The van der Waals surface area contributed by atoms with E-state index in [0.717, 1.165) is 30.9 Å². The molecule has 5 atom stereocenters. The Morgan fingerprint density at radius 3 is 2.20 bits per heavy atom. The van der Waals surface area contributed by atoms with Crippen molar-refractivity contribution in [3.8, 4) is 5.75 Å². The molecule has 4 bridgehead atoms. The molecule has 5 heteroatoms. The van der Waals surface area contributed by atoms with Crippen LogP contribution in [0.4, 0.5) is 0 Å². The minimum atomic E-state index is 0.107. The van der Waals surface area contributed by atoms with E-state index >= 15 is 0 Å². The standard InChI is InChI=1S/C30H39N3O2/c1-5-19-32-25-15-16-26(32)28-18-17-27(25)33(28)29(23-9-8-10-24(20-23)35-4)21-11-13-22(14-12-21)30(34)31(6-2)7-3/h5,8-14,20,25-29H,1,6-7,15-19H2,2-4H3. The maximum atomic E-state index is 12.9. The van der Waals surface area contributed by atoms with Crippen LogP contribution >= 0.6 is 0 Å². The smallest absolute Gasteiger partial charge is 0.253 e. The third-order valence-electron chi connectivity index (χ3n) is 8.59. The number of rotatable bonds is 9. The molecule has 3 aliphatic rings. The van der Waals surface area contributed by atoms with Gasteiger partial charge in [0.1, 0.15) is 5.75 Å². The number of fused-ring (bicyclic) bond motifs is 6. The molecule has 5 nitrogen and oxygen atoms in total. The fraction of sp³-hybridized carbons (Fsp3) is 0.500. The van der Waals surface area contributed by atoms with Crippen LogP contribution in [0, 0.1) is 0 Å². The van der Waals surface area contributed by atoms with Crippen molar-refractivity contribution < 1.29 is 9.53 Å². The highest BCUT2D eigenvalue weighted by Crippen LogP contribution is 2.50. The first-order valence-corrected chi connectivity index (χ1v) is 13.3. The molecule has 5 rings (SSSR count). The lowest BCUT2D eigenvalue weighted by atomic mass is 9.91. The summed E-state index contributed by atoms with van der Waals surface area (Å²) in [5.74, 6) is 0.997. The third-order valence-corrected chi connectivity index (χ3v) is 8.59. The molecule has 3 fully saturated rings. The lowest BCUT2D eigenvalue weighted by Crippen LogP contribution is -2.60. The second kappa shape index (κ2) is 10.2. The number of benzene rings is 2. The van der Waals surface area contributed by atoms with Gasteiger partial charge in [-0.15, -0.1) is 6.58 Å². The molecule has 186 valence electrons. The van der Waals surface area contributed by atoms with Gasteiger partial charge in [-0.05, 0) is 74.9 Å². The number of amides is 1. The topological polar surface area (TPSA) is 36.0 Å². The molecule has 2 aromatic carbocycles.